The lowest BCUT2D eigenvalue weighted by molar-refractivity contribution is -0.0971. The van der Waals surface area contributed by atoms with Crippen molar-refractivity contribution in [2.45, 2.75) is 51.6 Å². The van der Waals surface area contributed by atoms with Crippen molar-refractivity contribution >= 4 is 5.96 Å². The molecular formula is C16H31N3O2. The Morgan fingerprint density at radius 1 is 1.19 bits per heavy atom. The summed E-state index contributed by atoms with van der Waals surface area (Å²) in [6.07, 6.45) is 8.31. The summed E-state index contributed by atoms with van der Waals surface area (Å²) < 4.78 is 11.2. The zero-order chi connectivity index (χ0) is 15.0. The lowest BCUT2D eigenvalue weighted by Gasteiger charge is -2.38. The average Bonchev–Trinajstić information content (AvgIpc) is 2.73. The van der Waals surface area contributed by atoms with Gasteiger partial charge in [0.1, 0.15) is 0 Å². The topological polar surface area (TPSA) is 54.9 Å². The highest BCUT2D eigenvalue weighted by atomic mass is 16.5. The molecule has 1 heterocycles. The predicted octanol–water partition coefficient (Wildman–Crippen LogP) is 1.93. The third-order valence-electron chi connectivity index (χ3n) is 4.36. The average molecular weight is 297 g/mol. The van der Waals surface area contributed by atoms with Crippen molar-refractivity contribution in [1.29, 1.82) is 0 Å². The molecule has 5 nitrogen and oxygen atoms in total. The van der Waals surface area contributed by atoms with E-state index in [1.807, 2.05) is 0 Å². The molecule has 0 bridgehead atoms. The maximum absolute atomic E-state index is 5.97. The first-order valence-corrected chi connectivity index (χ1v) is 8.36. The van der Waals surface area contributed by atoms with Gasteiger partial charge in [0, 0.05) is 25.6 Å². The summed E-state index contributed by atoms with van der Waals surface area (Å²) in [6.45, 7) is 6.36. The van der Waals surface area contributed by atoms with Gasteiger partial charge < -0.3 is 20.1 Å². The van der Waals surface area contributed by atoms with Gasteiger partial charge in [-0.1, -0.05) is 32.6 Å². The Labute approximate surface area is 128 Å². The summed E-state index contributed by atoms with van der Waals surface area (Å²) in [6, 6.07) is 0. The summed E-state index contributed by atoms with van der Waals surface area (Å²) in [7, 11) is 1.81. The van der Waals surface area contributed by atoms with Crippen LogP contribution in [0.25, 0.3) is 0 Å². The summed E-state index contributed by atoms with van der Waals surface area (Å²) >= 11 is 0. The van der Waals surface area contributed by atoms with Gasteiger partial charge in [0.15, 0.2) is 5.96 Å². The van der Waals surface area contributed by atoms with Crippen LogP contribution in [0, 0.1) is 5.41 Å². The van der Waals surface area contributed by atoms with Crippen molar-refractivity contribution < 1.29 is 9.47 Å². The molecule has 122 valence electrons. The molecule has 2 rings (SSSR count). The van der Waals surface area contributed by atoms with Crippen LogP contribution in [0.15, 0.2) is 4.99 Å². The van der Waals surface area contributed by atoms with Gasteiger partial charge >= 0.3 is 0 Å². The highest BCUT2D eigenvalue weighted by Crippen LogP contribution is 2.24. The maximum atomic E-state index is 5.97. The van der Waals surface area contributed by atoms with E-state index in [4.69, 9.17) is 9.47 Å². The van der Waals surface area contributed by atoms with Gasteiger partial charge in [0.05, 0.1) is 25.9 Å². The van der Waals surface area contributed by atoms with E-state index in [1.54, 1.807) is 7.05 Å². The Kier molecular flexibility index (Phi) is 6.77. The van der Waals surface area contributed by atoms with Crippen LogP contribution >= 0.6 is 0 Å². The minimum absolute atomic E-state index is 0.258. The number of guanidine groups is 1. The Morgan fingerprint density at radius 3 is 2.48 bits per heavy atom. The molecular weight excluding hydrogens is 266 g/mol. The summed E-state index contributed by atoms with van der Waals surface area (Å²) in [5.74, 6) is 0.854. The molecule has 1 saturated heterocycles. The molecule has 0 aromatic heterocycles. The first kappa shape index (κ1) is 16.6. The number of ether oxygens (including phenoxy) is 2. The van der Waals surface area contributed by atoms with Crippen LogP contribution in [0.1, 0.15) is 45.4 Å². The van der Waals surface area contributed by atoms with Crippen LogP contribution < -0.4 is 10.6 Å². The Hall–Kier alpha value is -0.810. The summed E-state index contributed by atoms with van der Waals surface area (Å²) in [4.78, 5) is 4.25. The Balaban J connectivity index is 1.55. The molecule has 2 N–H and O–H groups in total. The molecule has 0 amide bonds. The predicted molar refractivity (Wildman–Crippen MR) is 85.7 cm³/mol. The molecule has 2 fully saturated rings. The second-order valence-corrected chi connectivity index (χ2v) is 6.64. The van der Waals surface area contributed by atoms with E-state index in [0.29, 0.717) is 6.10 Å². The van der Waals surface area contributed by atoms with Crippen LogP contribution in [-0.2, 0) is 9.47 Å². The van der Waals surface area contributed by atoms with Crippen molar-refractivity contribution in [2.24, 2.45) is 10.4 Å². The quantitative estimate of drug-likeness (QED) is 0.340. The first-order chi connectivity index (χ1) is 10.2. The van der Waals surface area contributed by atoms with Crippen LogP contribution in [-0.4, -0.2) is 52.0 Å². The van der Waals surface area contributed by atoms with Crippen LogP contribution in [0.3, 0.4) is 0 Å². The highest BCUT2D eigenvalue weighted by Gasteiger charge is 2.33. The molecule has 0 aromatic carbocycles. The van der Waals surface area contributed by atoms with E-state index in [1.165, 1.54) is 38.5 Å². The lowest BCUT2D eigenvalue weighted by atomic mass is 9.89. The van der Waals surface area contributed by atoms with Gasteiger partial charge in [-0.2, -0.15) is 0 Å². The van der Waals surface area contributed by atoms with Gasteiger partial charge in [-0.15, -0.1) is 0 Å². The number of rotatable bonds is 6. The van der Waals surface area contributed by atoms with Gasteiger partial charge in [-0.25, -0.2) is 0 Å². The van der Waals surface area contributed by atoms with E-state index >= 15 is 0 Å². The van der Waals surface area contributed by atoms with Crippen LogP contribution in [0.2, 0.25) is 0 Å². The SMILES string of the molecule is CN=C(NCCOC1CCCCCC1)NCC1(C)COC1. The number of nitrogens with one attached hydrogen (secondary N) is 2. The van der Waals surface area contributed by atoms with Gasteiger partial charge in [0.25, 0.3) is 0 Å². The van der Waals surface area contributed by atoms with Crippen molar-refractivity contribution in [2.75, 3.05) is 40.0 Å². The molecule has 1 aliphatic carbocycles. The Morgan fingerprint density at radius 2 is 1.90 bits per heavy atom. The third-order valence-corrected chi connectivity index (χ3v) is 4.36. The van der Waals surface area contributed by atoms with E-state index in [0.717, 1.165) is 38.9 Å². The van der Waals surface area contributed by atoms with Crippen LogP contribution in [0.5, 0.6) is 0 Å². The zero-order valence-electron chi connectivity index (χ0n) is 13.6. The monoisotopic (exact) mass is 297 g/mol. The number of nitrogens with zero attached hydrogens (tertiary/aromatic N) is 1. The van der Waals surface area contributed by atoms with E-state index in [-0.39, 0.29) is 5.41 Å². The molecule has 5 heteroatoms. The Bertz CT molecular complexity index is 321. The third kappa shape index (κ3) is 5.83. The fourth-order valence-electron chi connectivity index (χ4n) is 2.87. The minimum Gasteiger partial charge on any atom is -0.380 e. The van der Waals surface area contributed by atoms with Crippen molar-refractivity contribution in [1.82, 2.24) is 10.6 Å². The second kappa shape index (κ2) is 8.59. The molecule has 0 unspecified atom stereocenters. The number of hydrogen-bond donors (Lipinski definition) is 2. The van der Waals surface area contributed by atoms with E-state index in [9.17, 15) is 0 Å². The van der Waals surface area contributed by atoms with E-state index in [2.05, 4.69) is 22.5 Å². The maximum Gasteiger partial charge on any atom is 0.191 e. The van der Waals surface area contributed by atoms with Gasteiger partial charge in [-0.3, -0.25) is 4.99 Å². The van der Waals surface area contributed by atoms with Gasteiger partial charge in [-0.05, 0) is 12.8 Å². The van der Waals surface area contributed by atoms with Crippen molar-refractivity contribution in [3.8, 4) is 0 Å². The van der Waals surface area contributed by atoms with Gasteiger partial charge in [0.2, 0.25) is 0 Å². The summed E-state index contributed by atoms with van der Waals surface area (Å²) in [5.41, 5.74) is 0.258. The number of aliphatic imine (C=N–C) groups is 1. The first-order valence-electron chi connectivity index (χ1n) is 8.36. The fourth-order valence-corrected chi connectivity index (χ4v) is 2.87. The highest BCUT2D eigenvalue weighted by molar-refractivity contribution is 5.79. The minimum atomic E-state index is 0.258. The number of hydrogen-bond acceptors (Lipinski definition) is 3. The van der Waals surface area contributed by atoms with E-state index < -0.39 is 0 Å². The summed E-state index contributed by atoms with van der Waals surface area (Å²) in [5, 5.41) is 6.68. The molecule has 0 aromatic rings. The standard InChI is InChI=1S/C16H31N3O2/c1-16(12-20-13-16)11-19-15(17-2)18-9-10-21-14-7-5-3-4-6-8-14/h14H,3-13H2,1-2H3,(H2,17,18,19). The van der Waals surface area contributed by atoms with Crippen LogP contribution in [0.4, 0.5) is 0 Å². The van der Waals surface area contributed by atoms with Crippen molar-refractivity contribution in [3.05, 3.63) is 0 Å². The normalized spacial score (nSPS) is 23.2. The molecule has 21 heavy (non-hydrogen) atoms. The molecule has 1 aliphatic heterocycles. The molecule has 0 spiro atoms. The molecule has 0 radical (unpaired) electrons. The molecule has 2 aliphatic rings. The lowest BCUT2D eigenvalue weighted by Crippen LogP contribution is -2.51. The fraction of sp³-hybridized carbons (Fsp3) is 0.938. The molecule has 0 atom stereocenters. The zero-order valence-corrected chi connectivity index (χ0v) is 13.6. The largest absolute Gasteiger partial charge is 0.380 e. The smallest absolute Gasteiger partial charge is 0.191 e. The molecule has 1 saturated carbocycles. The van der Waals surface area contributed by atoms with Crippen molar-refractivity contribution in [3.63, 3.8) is 0 Å². The second-order valence-electron chi connectivity index (χ2n) is 6.64.